The van der Waals surface area contributed by atoms with Gasteiger partial charge in [0.05, 0.1) is 38.1 Å². The number of para-hydroxylation sites is 1. The summed E-state index contributed by atoms with van der Waals surface area (Å²) < 4.78 is 18.7. The number of rotatable bonds is 6. The summed E-state index contributed by atoms with van der Waals surface area (Å²) >= 11 is 0. The van der Waals surface area contributed by atoms with Crippen molar-refractivity contribution in [1.82, 2.24) is 4.57 Å². The van der Waals surface area contributed by atoms with Crippen molar-refractivity contribution < 1.29 is 14.2 Å². The van der Waals surface area contributed by atoms with Gasteiger partial charge in [0.25, 0.3) is 0 Å². The standard InChI is InChI=1S/C27H26N2O3/c1-18(27-25(31-3)16-22(30-2)17-26(27)32-4)28-13-12-20-15-21(9-10-24(20)28)29-14-11-19-7-5-6-8-23(19)29/h5-10,12-13,15-17H,1,11,14H2,2-4H3. The Kier molecular flexibility index (Phi) is 5.02. The SMILES string of the molecule is C=C(c1c(OC)cc(OC)cc1OC)n1ccc2cc(N3CCc4ccccc43)ccc21. The molecule has 0 aliphatic carbocycles. The zero-order valence-corrected chi connectivity index (χ0v) is 18.6. The minimum Gasteiger partial charge on any atom is -0.496 e. The predicted molar refractivity (Wildman–Crippen MR) is 130 cm³/mol. The summed E-state index contributed by atoms with van der Waals surface area (Å²) in [5, 5.41) is 1.15. The van der Waals surface area contributed by atoms with E-state index in [2.05, 4.69) is 64.6 Å². The highest BCUT2D eigenvalue weighted by Gasteiger charge is 2.21. The Bertz CT molecular complexity index is 1300. The van der Waals surface area contributed by atoms with Crippen LogP contribution in [0.5, 0.6) is 17.2 Å². The van der Waals surface area contributed by atoms with E-state index in [4.69, 9.17) is 14.2 Å². The van der Waals surface area contributed by atoms with Crippen LogP contribution in [-0.4, -0.2) is 32.4 Å². The molecule has 162 valence electrons. The van der Waals surface area contributed by atoms with Crippen molar-refractivity contribution in [2.24, 2.45) is 0 Å². The average Bonchev–Trinajstić information content (AvgIpc) is 3.46. The molecule has 0 saturated carbocycles. The molecular formula is C27H26N2O3. The number of hydrogen-bond donors (Lipinski definition) is 0. The molecule has 5 heteroatoms. The van der Waals surface area contributed by atoms with Crippen molar-refractivity contribution in [2.75, 3.05) is 32.8 Å². The van der Waals surface area contributed by atoms with Gasteiger partial charge in [-0.3, -0.25) is 0 Å². The molecule has 0 bridgehead atoms. The first kappa shape index (κ1) is 20.1. The molecule has 0 radical (unpaired) electrons. The molecule has 3 aromatic carbocycles. The molecule has 1 aliphatic rings. The van der Waals surface area contributed by atoms with E-state index in [1.165, 1.54) is 16.9 Å². The van der Waals surface area contributed by atoms with E-state index >= 15 is 0 Å². The van der Waals surface area contributed by atoms with Crippen LogP contribution in [0.1, 0.15) is 11.1 Å². The van der Waals surface area contributed by atoms with Crippen LogP contribution in [0.4, 0.5) is 11.4 Å². The lowest BCUT2D eigenvalue weighted by molar-refractivity contribution is 0.373. The van der Waals surface area contributed by atoms with Gasteiger partial charge in [-0.2, -0.15) is 0 Å². The number of anilines is 2. The highest BCUT2D eigenvalue weighted by molar-refractivity contribution is 5.90. The molecule has 1 aliphatic heterocycles. The number of fused-ring (bicyclic) bond motifs is 2. The number of hydrogen-bond acceptors (Lipinski definition) is 4. The second-order valence-electron chi connectivity index (χ2n) is 7.81. The normalized spacial score (nSPS) is 12.7. The van der Waals surface area contributed by atoms with Crippen LogP contribution < -0.4 is 19.1 Å². The molecule has 5 nitrogen and oxygen atoms in total. The first-order chi connectivity index (χ1) is 15.6. The van der Waals surface area contributed by atoms with Crippen LogP contribution in [0.3, 0.4) is 0 Å². The fraction of sp³-hybridized carbons (Fsp3) is 0.185. The van der Waals surface area contributed by atoms with E-state index in [-0.39, 0.29) is 0 Å². The molecule has 4 aromatic rings. The van der Waals surface area contributed by atoms with Gasteiger partial charge < -0.3 is 23.7 Å². The van der Waals surface area contributed by atoms with Crippen LogP contribution in [-0.2, 0) is 6.42 Å². The van der Waals surface area contributed by atoms with Crippen LogP contribution in [0.15, 0.2) is 73.4 Å². The van der Waals surface area contributed by atoms with Crippen molar-refractivity contribution in [2.45, 2.75) is 6.42 Å². The van der Waals surface area contributed by atoms with Gasteiger partial charge in [0.15, 0.2) is 0 Å². The molecule has 0 atom stereocenters. The van der Waals surface area contributed by atoms with Crippen molar-refractivity contribution in [3.8, 4) is 17.2 Å². The summed E-state index contributed by atoms with van der Waals surface area (Å²) in [6.07, 6.45) is 3.11. The molecule has 5 rings (SSSR count). The van der Waals surface area contributed by atoms with Gasteiger partial charge in [0.1, 0.15) is 17.2 Å². The highest BCUT2D eigenvalue weighted by Crippen LogP contribution is 2.41. The Morgan fingerprint density at radius 2 is 1.62 bits per heavy atom. The third kappa shape index (κ3) is 3.17. The van der Waals surface area contributed by atoms with E-state index in [9.17, 15) is 0 Å². The van der Waals surface area contributed by atoms with Gasteiger partial charge in [-0.05, 0) is 42.3 Å². The first-order valence-corrected chi connectivity index (χ1v) is 10.6. The van der Waals surface area contributed by atoms with Crippen LogP contribution in [0.2, 0.25) is 0 Å². The van der Waals surface area contributed by atoms with Gasteiger partial charge in [-0.15, -0.1) is 0 Å². The lowest BCUT2D eigenvalue weighted by Crippen LogP contribution is -2.12. The second kappa shape index (κ2) is 8.00. The number of benzene rings is 3. The van der Waals surface area contributed by atoms with Crippen LogP contribution in [0.25, 0.3) is 16.6 Å². The van der Waals surface area contributed by atoms with Gasteiger partial charge in [-0.25, -0.2) is 0 Å². The lowest BCUT2D eigenvalue weighted by Gasteiger charge is -2.20. The van der Waals surface area contributed by atoms with E-state index < -0.39 is 0 Å². The number of ether oxygens (including phenoxy) is 3. The summed E-state index contributed by atoms with van der Waals surface area (Å²) in [4.78, 5) is 2.39. The minimum atomic E-state index is 0.651. The third-order valence-electron chi connectivity index (χ3n) is 6.17. The zero-order valence-electron chi connectivity index (χ0n) is 18.6. The molecular weight excluding hydrogens is 400 g/mol. The largest absolute Gasteiger partial charge is 0.496 e. The van der Waals surface area contributed by atoms with Crippen molar-refractivity contribution in [3.63, 3.8) is 0 Å². The second-order valence-corrected chi connectivity index (χ2v) is 7.81. The molecule has 0 saturated heterocycles. The molecule has 0 N–H and O–H groups in total. The molecule has 2 heterocycles. The monoisotopic (exact) mass is 426 g/mol. The van der Waals surface area contributed by atoms with Crippen LogP contribution in [0, 0.1) is 0 Å². The fourth-order valence-electron chi connectivity index (χ4n) is 4.55. The highest BCUT2D eigenvalue weighted by atomic mass is 16.5. The van der Waals surface area contributed by atoms with E-state index in [0.29, 0.717) is 17.2 Å². The van der Waals surface area contributed by atoms with Gasteiger partial charge in [0.2, 0.25) is 0 Å². The van der Waals surface area contributed by atoms with E-state index in [0.717, 1.165) is 35.1 Å². The summed E-state index contributed by atoms with van der Waals surface area (Å²) in [5.74, 6) is 1.97. The maximum absolute atomic E-state index is 5.64. The quantitative estimate of drug-likeness (QED) is 0.386. The molecule has 0 spiro atoms. The van der Waals surface area contributed by atoms with Gasteiger partial charge in [0, 0.05) is 41.6 Å². The average molecular weight is 427 g/mol. The minimum absolute atomic E-state index is 0.651. The molecule has 0 unspecified atom stereocenters. The number of methoxy groups -OCH3 is 3. The van der Waals surface area contributed by atoms with Crippen LogP contribution >= 0.6 is 0 Å². The number of aromatic nitrogens is 1. The maximum Gasteiger partial charge on any atom is 0.135 e. The van der Waals surface area contributed by atoms with Gasteiger partial charge in [-0.1, -0.05) is 24.8 Å². The smallest absolute Gasteiger partial charge is 0.135 e. The Morgan fingerprint density at radius 1 is 0.875 bits per heavy atom. The predicted octanol–water partition coefficient (Wildman–Crippen LogP) is 5.88. The lowest BCUT2D eigenvalue weighted by atomic mass is 10.1. The Labute approximate surface area is 188 Å². The molecule has 1 aromatic heterocycles. The zero-order chi connectivity index (χ0) is 22.2. The van der Waals surface area contributed by atoms with Gasteiger partial charge >= 0.3 is 0 Å². The Hall–Kier alpha value is -3.86. The van der Waals surface area contributed by atoms with Crippen molar-refractivity contribution in [1.29, 1.82) is 0 Å². The summed E-state index contributed by atoms with van der Waals surface area (Å²) in [7, 11) is 4.90. The third-order valence-corrected chi connectivity index (χ3v) is 6.17. The molecule has 0 fully saturated rings. The maximum atomic E-state index is 5.64. The summed E-state index contributed by atoms with van der Waals surface area (Å²) in [6, 6.07) is 21.0. The first-order valence-electron chi connectivity index (χ1n) is 10.6. The summed E-state index contributed by atoms with van der Waals surface area (Å²) in [5.41, 5.74) is 6.54. The van der Waals surface area contributed by atoms with Crippen molar-refractivity contribution in [3.05, 3.63) is 84.6 Å². The number of nitrogens with zero attached hydrogens (tertiary/aromatic N) is 2. The summed E-state index contributed by atoms with van der Waals surface area (Å²) in [6.45, 7) is 5.37. The Morgan fingerprint density at radius 3 is 2.34 bits per heavy atom. The fourth-order valence-corrected chi connectivity index (χ4v) is 4.55. The van der Waals surface area contributed by atoms with E-state index in [1.54, 1.807) is 21.3 Å². The van der Waals surface area contributed by atoms with Crippen molar-refractivity contribution >= 4 is 28.0 Å². The Balaban J connectivity index is 1.55. The molecule has 32 heavy (non-hydrogen) atoms. The topological polar surface area (TPSA) is 35.9 Å². The molecule has 0 amide bonds. The van der Waals surface area contributed by atoms with E-state index in [1.807, 2.05) is 18.3 Å².